The van der Waals surface area contributed by atoms with Gasteiger partial charge in [-0.05, 0) is 77.3 Å². The number of aryl methyl sites for hydroxylation is 3. The predicted molar refractivity (Wildman–Crippen MR) is 203 cm³/mol. The van der Waals surface area contributed by atoms with Crippen LogP contribution in [0.25, 0.3) is 22.3 Å². The third-order valence-electron chi connectivity index (χ3n) is 10.7. The zero-order chi connectivity index (χ0) is 39.3. The number of rotatable bonds is 10. The van der Waals surface area contributed by atoms with Gasteiger partial charge in [-0.25, -0.2) is 4.79 Å². The molecule has 0 radical (unpaired) electrons. The highest BCUT2D eigenvalue weighted by Crippen LogP contribution is 2.36. The maximum Gasteiger partial charge on any atom is 0.434 e. The fraction of sp³-hybridized carbons (Fsp3) is 0.419. The molecule has 2 heterocycles. The monoisotopic (exact) mass is 766 g/mol. The number of amides is 1. The van der Waals surface area contributed by atoms with E-state index in [0.717, 1.165) is 72.8 Å². The summed E-state index contributed by atoms with van der Waals surface area (Å²) in [5.74, 6) is 0. The van der Waals surface area contributed by atoms with Crippen molar-refractivity contribution in [1.82, 2.24) is 19.6 Å². The molecule has 4 aromatic carbocycles. The lowest BCUT2D eigenvalue weighted by Crippen LogP contribution is -2.52. The van der Waals surface area contributed by atoms with Crippen molar-refractivity contribution in [2.45, 2.75) is 58.7 Å². The van der Waals surface area contributed by atoms with Crippen molar-refractivity contribution in [3.05, 3.63) is 118 Å². The summed E-state index contributed by atoms with van der Waals surface area (Å²) < 4.78 is 80.9. The molecule has 2 aliphatic heterocycles. The van der Waals surface area contributed by atoms with Gasteiger partial charge in [-0.1, -0.05) is 90.5 Å². The van der Waals surface area contributed by atoms with Crippen molar-refractivity contribution in [2.75, 3.05) is 58.9 Å². The Kier molecular flexibility index (Phi) is 12.6. The molecule has 294 valence electrons. The van der Waals surface area contributed by atoms with E-state index in [1.54, 1.807) is 0 Å². The zero-order valence-corrected chi connectivity index (χ0v) is 31.5. The number of alkyl halides is 6. The molecule has 55 heavy (non-hydrogen) atoms. The largest absolute Gasteiger partial charge is 0.434 e. The first-order valence-electron chi connectivity index (χ1n) is 18.7. The number of piperazine rings is 2. The maximum atomic E-state index is 12.8. The molecule has 0 saturated carbocycles. The molecule has 6 nitrogen and oxygen atoms in total. The first-order chi connectivity index (χ1) is 26.1. The van der Waals surface area contributed by atoms with Crippen LogP contribution in [0.4, 0.5) is 31.1 Å². The second-order valence-electron chi connectivity index (χ2n) is 14.8. The van der Waals surface area contributed by atoms with Gasteiger partial charge in [-0.3, -0.25) is 9.80 Å². The number of halogens is 6. The maximum absolute atomic E-state index is 12.8. The van der Waals surface area contributed by atoms with Gasteiger partial charge in [0, 0.05) is 72.0 Å². The lowest BCUT2D eigenvalue weighted by atomic mass is 9.97. The highest BCUT2D eigenvalue weighted by molar-refractivity contribution is 5.68. The highest BCUT2D eigenvalue weighted by atomic mass is 19.4. The van der Waals surface area contributed by atoms with Crippen LogP contribution in [0.5, 0.6) is 0 Å². The summed E-state index contributed by atoms with van der Waals surface area (Å²) in [6.07, 6.45) is -16.3. The second kappa shape index (κ2) is 17.2. The minimum atomic E-state index is -5.74. The molecule has 0 N–H and O–H groups in total. The van der Waals surface area contributed by atoms with Gasteiger partial charge in [0.15, 0.2) is 0 Å². The smallest absolute Gasteiger partial charge is 0.426 e. The molecule has 2 aliphatic rings. The van der Waals surface area contributed by atoms with Crippen molar-refractivity contribution in [3.63, 3.8) is 0 Å². The minimum Gasteiger partial charge on any atom is -0.426 e. The van der Waals surface area contributed by atoms with E-state index < -0.39 is 24.5 Å². The summed E-state index contributed by atoms with van der Waals surface area (Å²) in [7, 11) is 0. The molecule has 0 unspecified atom stereocenters. The Morgan fingerprint density at radius 3 is 1.58 bits per heavy atom. The second-order valence-corrected chi connectivity index (χ2v) is 14.8. The van der Waals surface area contributed by atoms with E-state index in [9.17, 15) is 31.1 Å². The van der Waals surface area contributed by atoms with Gasteiger partial charge in [0.05, 0.1) is 0 Å². The number of benzene rings is 4. The van der Waals surface area contributed by atoms with Crippen molar-refractivity contribution < 1.29 is 35.9 Å². The van der Waals surface area contributed by atoms with E-state index in [0.29, 0.717) is 19.6 Å². The molecule has 2 saturated heterocycles. The average molecular weight is 767 g/mol. The van der Waals surface area contributed by atoms with E-state index in [1.165, 1.54) is 33.4 Å². The Morgan fingerprint density at radius 2 is 1.07 bits per heavy atom. The molecule has 6 rings (SSSR count). The van der Waals surface area contributed by atoms with Crippen LogP contribution in [0.2, 0.25) is 0 Å². The molecular formula is C43H48F6N4O2. The predicted octanol–water partition coefficient (Wildman–Crippen LogP) is 9.05. The summed E-state index contributed by atoms with van der Waals surface area (Å²) in [6, 6.07) is 30.3. The standard InChI is InChI=1S/C43H48F6N4O2/c1-30-6-4-8-34(24-30)36-10-12-38(31(2)25-36)28-51-18-16-50(17-19-51)15-14-33-7-5-9-35(27-33)37-11-13-39(32(3)26-37)29-52-20-22-53(23-21-52)41(54)55-40(42(44,45)46)43(47,48)49/h4-13,24-27,40H,14-23,28-29H2,1-3H3. The lowest BCUT2D eigenvalue weighted by Gasteiger charge is -2.35. The van der Waals surface area contributed by atoms with Crippen molar-refractivity contribution in [2.24, 2.45) is 0 Å². The molecule has 0 atom stereocenters. The Balaban J connectivity index is 0.952. The highest BCUT2D eigenvalue weighted by Gasteiger charge is 2.60. The summed E-state index contributed by atoms with van der Waals surface area (Å²) in [4.78, 5) is 20.1. The Labute approximate surface area is 319 Å². The number of ether oxygens (including phenoxy) is 1. The number of hydrogen-bond acceptors (Lipinski definition) is 5. The van der Waals surface area contributed by atoms with Gasteiger partial charge in [0.1, 0.15) is 0 Å². The van der Waals surface area contributed by atoms with Gasteiger partial charge in [0.2, 0.25) is 0 Å². The first kappa shape index (κ1) is 40.3. The lowest BCUT2D eigenvalue weighted by molar-refractivity contribution is -0.308. The minimum absolute atomic E-state index is 0.0374. The molecule has 1 amide bonds. The summed E-state index contributed by atoms with van der Waals surface area (Å²) in [6.45, 7) is 13.5. The fourth-order valence-electron chi connectivity index (χ4n) is 7.36. The van der Waals surface area contributed by atoms with E-state index in [1.807, 2.05) is 11.8 Å². The van der Waals surface area contributed by atoms with Gasteiger partial charge >= 0.3 is 18.4 Å². The van der Waals surface area contributed by atoms with E-state index in [2.05, 4.69) is 113 Å². The zero-order valence-electron chi connectivity index (χ0n) is 31.5. The summed E-state index contributed by atoms with van der Waals surface area (Å²) >= 11 is 0. The third kappa shape index (κ3) is 10.7. The van der Waals surface area contributed by atoms with Crippen molar-refractivity contribution in [1.29, 1.82) is 0 Å². The molecule has 0 bridgehead atoms. The van der Waals surface area contributed by atoms with Crippen LogP contribution in [0.3, 0.4) is 0 Å². The van der Waals surface area contributed by atoms with Crippen LogP contribution >= 0.6 is 0 Å². The summed E-state index contributed by atoms with van der Waals surface area (Å²) in [5, 5.41) is 0. The Morgan fingerprint density at radius 1 is 0.600 bits per heavy atom. The molecule has 2 fully saturated rings. The molecule has 0 aliphatic carbocycles. The molecule has 0 spiro atoms. The van der Waals surface area contributed by atoms with E-state index in [-0.39, 0.29) is 13.1 Å². The normalized spacial score (nSPS) is 16.5. The van der Waals surface area contributed by atoms with Crippen LogP contribution < -0.4 is 0 Å². The summed E-state index contributed by atoms with van der Waals surface area (Å²) in [5.41, 5.74) is 12.1. The van der Waals surface area contributed by atoms with Crippen molar-refractivity contribution >= 4 is 6.09 Å². The van der Waals surface area contributed by atoms with E-state index in [4.69, 9.17) is 0 Å². The molecule has 12 heteroatoms. The fourth-order valence-corrected chi connectivity index (χ4v) is 7.36. The van der Waals surface area contributed by atoms with Crippen LogP contribution in [-0.2, 0) is 24.2 Å². The number of carbonyl (C=O) groups is 1. The topological polar surface area (TPSA) is 39.3 Å². The van der Waals surface area contributed by atoms with Crippen LogP contribution in [0, 0.1) is 20.8 Å². The van der Waals surface area contributed by atoms with Crippen LogP contribution in [-0.4, -0.2) is 103 Å². The third-order valence-corrected chi connectivity index (χ3v) is 10.7. The average Bonchev–Trinajstić information content (AvgIpc) is 3.14. The van der Waals surface area contributed by atoms with Gasteiger partial charge in [0.25, 0.3) is 6.10 Å². The Bertz CT molecular complexity index is 1920. The molecule has 4 aromatic rings. The quantitative estimate of drug-likeness (QED) is 0.151. The Hall–Kier alpha value is -4.39. The van der Waals surface area contributed by atoms with Gasteiger partial charge in [-0.15, -0.1) is 0 Å². The van der Waals surface area contributed by atoms with Gasteiger partial charge in [-0.2, -0.15) is 26.3 Å². The molecule has 0 aromatic heterocycles. The number of nitrogens with zero attached hydrogens (tertiary/aromatic N) is 4. The number of hydrogen-bond donors (Lipinski definition) is 0. The SMILES string of the molecule is Cc1cccc(-c2ccc(CN3CCN(CCc4cccc(-c5ccc(CN6CCN(C(=O)OC(C(F)(F)F)C(F)(F)F)CC6)c(C)c5)c4)CC3)c(C)c2)c1. The first-order valence-corrected chi connectivity index (χ1v) is 18.7. The van der Waals surface area contributed by atoms with Crippen LogP contribution in [0.1, 0.15) is 33.4 Å². The van der Waals surface area contributed by atoms with Crippen LogP contribution in [0.15, 0.2) is 84.9 Å². The van der Waals surface area contributed by atoms with Crippen molar-refractivity contribution in [3.8, 4) is 22.3 Å². The van der Waals surface area contributed by atoms with Gasteiger partial charge < -0.3 is 14.5 Å². The molecular weight excluding hydrogens is 718 g/mol. The van der Waals surface area contributed by atoms with E-state index >= 15 is 0 Å². The number of carbonyl (C=O) groups excluding carboxylic acids is 1.